The molecule has 218 valence electrons. The Hall–Kier alpha value is -3.00. The van der Waals surface area contributed by atoms with E-state index in [1.165, 1.54) is 18.3 Å². The normalized spacial score (nSPS) is 19.8. The highest BCUT2D eigenvalue weighted by atomic mass is 35.5. The lowest BCUT2D eigenvalue weighted by Crippen LogP contribution is -2.34. The molecule has 1 aliphatic carbocycles. The van der Waals surface area contributed by atoms with Crippen molar-refractivity contribution in [2.75, 3.05) is 50.4 Å². The molecule has 0 saturated carbocycles. The zero-order chi connectivity index (χ0) is 28.5. The van der Waals surface area contributed by atoms with Gasteiger partial charge in [-0.2, -0.15) is 4.39 Å². The summed E-state index contributed by atoms with van der Waals surface area (Å²) < 4.78 is 24.3. The number of thiazole rings is 1. The Morgan fingerprint density at radius 2 is 2.10 bits per heavy atom. The van der Waals surface area contributed by atoms with Crippen molar-refractivity contribution < 1.29 is 18.7 Å². The van der Waals surface area contributed by atoms with E-state index in [0.717, 1.165) is 45.6 Å². The van der Waals surface area contributed by atoms with Crippen molar-refractivity contribution in [3.63, 3.8) is 0 Å². The number of anilines is 2. The van der Waals surface area contributed by atoms with Crippen molar-refractivity contribution in [1.29, 1.82) is 0 Å². The fraction of sp³-hybridized carbons (Fsp3) is 0.538. The van der Waals surface area contributed by atoms with E-state index in [9.17, 15) is 9.18 Å². The Morgan fingerprint density at radius 3 is 2.90 bits per heavy atom. The fourth-order valence-corrected chi connectivity index (χ4v) is 5.26. The van der Waals surface area contributed by atoms with Crippen LogP contribution in [-0.2, 0) is 16.0 Å². The van der Waals surface area contributed by atoms with Gasteiger partial charge in [-0.25, -0.2) is 15.0 Å². The molecule has 0 saturated heterocycles. The highest BCUT2D eigenvalue weighted by Gasteiger charge is 2.40. The summed E-state index contributed by atoms with van der Waals surface area (Å²) in [7, 11) is 1.96. The van der Waals surface area contributed by atoms with Gasteiger partial charge in [0.1, 0.15) is 21.6 Å². The third-order valence-corrected chi connectivity index (χ3v) is 7.20. The van der Waals surface area contributed by atoms with Crippen LogP contribution in [0.25, 0.3) is 0 Å². The average Bonchev–Trinajstić information content (AvgIpc) is 3.50. The van der Waals surface area contributed by atoms with Crippen LogP contribution in [0.5, 0.6) is 0 Å². The number of nitrogens with one attached hydrogen (secondary N) is 4. The van der Waals surface area contributed by atoms with Gasteiger partial charge >= 0.3 is 6.04 Å². The summed E-state index contributed by atoms with van der Waals surface area (Å²) in [4.78, 5) is 29.0. The first kappa shape index (κ1) is 30.0. The number of carbonyl (C=O) groups is 1. The topological polar surface area (TPSA) is 126 Å². The molecule has 0 aromatic carbocycles. The highest BCUT2D eigenvalue weighted by Crippen LogP contribution is 2.37. The molecule has 14 heteroatoms. The minimum Gasteiger partial charge on any atom is -0.427 e. The number of nitrogens with zero attached hydrogens (tertiary/aromatic N) is 4. The van der Waals surface area contributed by atoms with Crippen LogP contribution in [0, 0.1) is 0 Å². The fourth-order valence-electron chi connectivity index (χ4n) is 4.38. The first-order chi connectivity index (χ1) is 19.3. The number of hydrogen-bond donors (Lipinski definition) is 4. The molecular formula is C26H36ClFN8O3S. The van der Waals surface area contributed by atoms with Gasteiger partial charge in [-0.05, 0) is 45.1 Å². The van der Waals surface area contributed by atoms with E-state index in [-0.39, 0.29) is 11.9 Å². The number of amides is 1. The number of alkyl halides is 1. The van der Waals surface area contributed by atoms with Gasteiger partial charge in [0.15, 0.2) is 5.76 Å². The zero-order valence-electron chi connectivity index (χ0n) is 22.9. The van der Waals surface area contributed by atoms with E-state index in [4.69, 9.17) is 21.1 Å². The molecule has 1 aliphatic heterocycles. The highest BCUT2D eigenvalue weighted by molar-refractivity contribution is 7.12. The molecule has 2 aromatic rings. The number of rotatable bonds is 15. The minimum absolute atomic E-state index is 0.292. The quantitative estimate of drug-likeness (QED) is 0.178. The second kappa shape index (κ2) is 14.1. The monoisotopic (exact) mass is 594 g/mol. The predicted octanol–water partition coefficient (Wildman–Crippen LogP) is 3.89. The summed E-state index contributed by atoms with van der Waals surface area (Å²) in [6.45, 7) is 8.44. The third kappa shape index (κ3) is 8.50. The molecule has 0 radical (unpaired) electrons. The lowest BCUT2D eigenvalue weighted by molar-refractivity contribution is -0.234. The molecule has 1 amide bonds. The zero-order valence-corrected chi connectivity index (χ0v) is 24.5. The van der Waals surface area contributed by atoms with Crippen molar-refractivity contribution in [3.8, 4) is 0 Å². The number of carbonyl (C=O) groups excluding carboxylic acids is 1. The predicted molar refractivity (Wildman–Crippen MR) is 154 cm³/mol. The van der Waals surface area contributed by atoms with Crippen molar-refractivity contribution in [3.05, 3.63) is 51.0 Å². The molecule has 4 N–H and O–H groups in total. The largest absolute Gasteiger partial charge is 0.427 e. The molecule has 0 bridgehead atoms. The maximum atomic E-state index is 14.0. The second-order valence-electron chi connectivity index (χ2n) is 9.58. The van der Waals surface area contributed by atoms with Crippen molar-refractivity contribution >= 4 is 40.6 Å². The molecule has 0 fully saturated rings. The van der Waals surface area contributed by atoms with Gasteiger partial charge in [-0.15, -0.1) is 11.3 Å². The summed E-state index contributed by atoms with van der Waals surface area (Å²) in [6.07, 6.45) is 5.72. The Balaban J connectivity index is 1.27. The average molecular weight is 595 g/mol. The van der Waals surface area contributed by atoms with Crippen LogP contribution in [0.1, 0.15) is 48.5 Å². The van der Waals surface area contributed by atoms with Crippen LogP contribution in [-0.4, -0.2) is 77.6 Å². The van der Waals surface area contributed by atoms with Gasteiger partial charge in [-0.1, -0.05) is 24.6 Å². The maximum Gasteiger partial charge on any atom is 0.404 e. The maximum absolute atomic E-state index is 14.0. The molecule has 2 aromatic heterocycles. The van der Waals surface area contributed by atoms with Crippen LogP contribution in [0.2, 0.25) is 5.15 Å². The van der Waals surface area contributed by atoms with Gasteiger partial charge in [0, 0.05) is 33.0 Å². The van der Waals surface area contributed by atoms with Crippen LogP contribution >= 0.6 is 22.9 Å². The Labute approximate surface area is 242 Å². The number of ether oxygens (including phenoxy) is 2. The third-order valence-electron chi connectivity index (χ3n) is 6.18. The van der Waals surface area contributed by atoms with E-state index in [1.54, 1.807) is 23.7 Å². The van der Waals surface area contributed by atoms with Gasteiger partial charge in [0.25, 0.3) is 5.91 Å². The lowest BCUT2D eigenvalue weighted by atomic mass is 10.1. The van der Waals surface area contributed by atoms with E-state index in [0.29, 0.717) is 52.0 Å². The van der Waals surface area contributed by atoms with Crippen LogP contribution in [0.15, 0.2) is 35.2 Å². The first-order valence-corrected chi connectivity index (χ1v) is 14.6. The standard InChI is InChI=1S/C26H36ClFN8O3S/c1-4-10-36(12-9-29-3)11-5-8-30-25-34-18(14-21(27)35-25)15-31-23-22(40-16-32-23)24(37)33-17-6-7-19-20(13-17)39-26(2,28)38-19/h6-7,14,16-17,29,31H,4-5,8-13,15H2,1-3H3,(H,33,37)(H,30,34,35). The van der Waals surface area contributed by atoms with Gasteiger partial charge in [-0.3, -0.25) is 4.79 Å². The molecule has 2 unspecified atom stereocenters. The molecule has 2 aliphatic rings. The van der Waals surface area contributed by atoms with Gasteiger partial charge in [0.2, 0.25) is 5.95 Å². The lowest BCUT2D eigenvalue weighted by Gasteiger charge is -2.21. The van der Waals surface area contributed by atoms with Crippen molar-refractivity contribution in [2.24, 2.45) is 0 Å². The number of hydrogen-bond acceptors (Lipinski definition) is 11. The molecule has 40 heavy (non-hydrogen) atoms. The van der Waals surface area contributed by atoms with Crippen LogP contribution in [0.4, 0.5) is 16.2 Å². The summed E-state index contributed by atoms with van der Waals surface area (Å²) in [6, 6.07) is -0.887. The Kier molecular flexibility index (Phi) is 10.5. The van der Waals surface area contributed by atoms with Crippen LogP contribution < -0.4 is 21.3 Å². The molecule has 3 heterocycles. The van der Waals surface area contributed by atoms with E-state index in [1.807, 2.05) is 7.05 Å². The van der Waals surface area contributed by atoms with E-state index in [2.05, 4.69) is 48.0 Å². The minimum atomic E-state index is -2.19. The number of halogens is 2. The summed E-state index contributed by atoms with van der Waals surface area (Å²) in [5.74, 6) is 1.30. The summed E-state index contributed by atoms with van der Waals surface area (Å²) >= 11 is 7.47. The molecule has 2 atom stereocenters. The smallest absolute Gasteiger partial charge is 0.404 e. The van der Waals surface area contributed by atoms with Crippen molar-refractivity contribution in [2.45, 2.75) is 51.7 Å². The number of aromatic nitrogens is 3. The second-order valence-corrected chi connectivity index (χ2v) is 10.8. The van der Waals surface area contributed by atoms with E-state index >= 15 is 0 Å². The summed E-state index contributed by atoms with van der Waals surface area (Å²) in [5.41, 5.74) is 2.25. The molecular weight excluding hydrogens is 559 g/mol. The Morgan fingerprint density at radius 1 is 1.25 bits per heavy atom. The SMILES string of the molecule is CCCN(CCCNc1nc(Cl)cc(CNc2ncsc2C(=O)NC2C=CC3=C(C2)OC(C)(F)O3)n1)CCNC. The van der Waals surface area contributed by atoms with E-state index < -0.39 is 6.04 Å². The van der Waals surface area contributed by atoms with Crippen molar-refractivity contribution in [1.82, 2.24) is 30.5 Å². The molecule has 4 rings (SSSR count). The summed E-state index contributed by atoms with van der Waals surface area (Å²) in [5, 5.41) is 12.9. The van der Waals surface area contributed by atoms with Crippen LogP contribution in [0.3, 0.4) is 0 Å². The number of allylic oxidation sites excluding steroid dienone is 1. The first-order valence-electron chi connectivity index (χ1n) is 13.4. The Bertz CT molecular complexity index is 1220. The molecule has 0 spiro atoms. The molecule has 11 nitrogen and oxygen atoms in total. The van der Waals surface area contributed by atoms with Gasteiger partial charge < -0.3 is 35.6 Å². The van der Waals surface area contributed by atoms with Gasteiger partial charge in [0.05, 0.1) is 23.8 Å². The number of likely N-dealkylation sites (N-methyl/N-ethyl adjacent to an activating group) is 1.